The van der Waals surface area contributed by atoms with Crippen molar-refractivity contribution in [2.24, 2.45) is 5.92 Å². The quantitative estimate of drug-likeness (QED) is 0.664. The minimum atomic E-state index is -0.830. The number of rotatable bonds is 5. The molecule has 1 aliphatic heterocycles. The van der Waals surface area contributed by atoms with Crippen LogP contribution in [-0.4, -0.2) is 59.6 Å². The Morgan fingerprint density at radius 2 is 2.33 bits per heavy atom. The van der Waals surface area contributed by atoms with Crippen molar-refractivity contribution in [2.45, 2.75) is 6.54 Å². The van der Waals surface area contributed by atoms with Crippen molar-refractivity contribution in [1.29, 1.82) is 0 Å². The summed E-state index contributed by atoms with van der Waals surface area (Å²) in [6.45, 7) is 2.78. The lowest BCUT2D eigenvalue weighted by atomic mass is 10.1. The first-order valence-corrected chi connectivity index (χ1v) is 6.97. The third-order valence-corrected chi connectivity index (χ3v) is 3.38. The van der Waals surface area contributed by atoms with Gasteiger partial charge in [0.2, 0.25) is 5.91 Å². The number of amides is 1. The maximum Gasteiger partial charge on any atom is 0.309 e. The van der Waals surface area contributed by atoms with Gasteiger partial charge in [0.1, 0.15) is 0 Å². The summed E-state index contributed by atoms with van der Waals surface area (Å²) in [5, 5.41) is 15.0. The second-order valence-corrected chi connectivity index (χ2v) is 5.07. The molecule has 1 aromatic rings. The molecule has 7 nitrogen and oxygen atoms in total. The third kappa shape index (κ3) is 5.13. The van der Waals surface area contributed by atoms with Crippen LogP contribution >= 0.6 is 0 Å². The molecule has 1 aromatic heterocycles. The van der Waals surface area contributed by atoms with E-state index in [1.165, 1.54) is 0 Å². The largest absolute Gasteiger partial charge is 0.481 e. The van der Waals surface area contributed by atoms with Crippen LogP contribution in [-0.2, 0) is 16.1 Å². The average Bonchev–Trinajstić information content (AvgIpc) is 2.72. The molecule has 3 N–H and O–H groups in total. The first-order valence-electron chi connectivity index (χ1n) is 6.97. The predicted molar refractivity (Wildman–Crippen MR) is 76.5 cm³/mol. The van der Waals surface area contributed by atoms with Gasteiger partial charge in [0, 0.05) is 32.4 Å². The third-order valence-electron chi connectivity index (χ3n) is 3.38. The maximum absolute atomic E-state index is 11.9. The van der Waals surface area contributed by atoms with Crippen molar-refractivity contribution < 1.29 is 14.7 Å². The standard InChI is InChI=1S/C14H20N4O3/c19-13(17-8-12-3-1-2-4-16-12)10-18-6-5-15-7-11(9-18)14(20)21/h1-4,11,15H,5-10H2,(H,17,19)(H,20,21). The fourth-order valence-electron chi connectivity index (χ4n) is 2.24. The van der Waals surface area contributed by atoms with Gasteiger partial charge in [0.15, 0.2) is 0 Å². The maximum atomic E-state index is 11.9. The van der Waals surface area contributed by atoms with E-state index < -0.39 is 11.9 Å². The van der Waals surface area contributed by atoms with Gasteiger partial charge in [-0.2, -0.15) is 0 Å². The van der Waals surface area contributed by atoms with Crippen LogP contribution in [0.4, 0.5) is 0 Å². The topological polar surface area (TPSA) is 94.6 Å². The molecular weight excluding hydrogens is 272 g/mol. The number of pyridine rings is 1. The Hall–Kier alpha value is -1.99. The van der Waals surface area contributed by atoms with E-state index in [2.05, 4.69) is 15.6 Å². The van der Waals surface area contributed by atoms with E-state index in [0.717, 1.165) is 5.69 Å². The van der Waals surface area contributed by atoms with Gasteiger partial charge in [-0.05, 0) is 12.1 Å². The van der Waals surface area contributed by atoms with E-state index in [1.807, 2.05) is 23.1 Å². The fourth-order valence-corrected chi connectivity index (χ4v) is 2.24. The molecule has 0 saturated carbocycles. The molecule has 1 fully saturated rings. The van der Waals surface area contributed by atoms with Crippen LogP contribution in [0.1, 0.15) is 5.69 Å². The van der Waals surface area contributed by atoms with Crippen LogP contribution in [0.15, 0.2) is 24.4 Å². The molecule has 7 heteroatoms. The van der Waals surface area contributed by atoms with Crippen molar-refractivity contribution in [2.75, 3.05) is 32.7 Å². The van der Waals surface area contributed by atoms with Gasteiger partial charge >= 0.3 is 5.97 Å². The van der Waals surface area contributed by atoms with Crippen LogP contribution in [0.5, 0.6) is 0 Å². The summed E-state index contributed by atoms with van der Waals surface area (Å²) in [4.78, 5) is 29.0. The molecule has 21 heavy (non-hydrogen) atoms. The summed E-state index contributed by atoms with van der Waals surface area (Å²) in [6, 6.07) is 5.53. The summed E-state index contributed by atoms with van der Waals surface area (Å²) in [7, 11) is 0. The van der Waals surface area contributed by atoms with Gasteiger partial charge in [0.25, 0.3) is 0 Å². The molecule has 1 aliphatic rings. The van der Waals surface area contributed by atoms with E-state index in [4.69, 9.17) is 5.11 Å². The number of carboxylic acid groups (broad SMARTS) is 1. The van der Waals surface area contributed by atoms with Crippen molar-refractivity contribution >= 4 is 11.9 Å². The number of nitrogens with zero attached hydrogens (tertiary/aromatic N) is 2. The van der Waals surface area contributed by atoms with Crippen molar-refractivity contribution in [3.05, 3.63) is 30.1 Å². The van der Waals surface area contributed by atoms with E-state index in [0.29, 0.717) is 32.7 Å². The predicted octanol–water partition coefficient (Wildman–Crippen LogP) is -0.696. The Morgan fingerprint density at radius 3 is 3.05 bits per heavy atom. The highest BCUT2D eigenvalue weighted by atomic mass is 16.4. The first-order chi connectivity index (χ1) is 10.1. The normalized spacial score (nSPS) is 19.7. The number of nitrogens with one attached hydrogen (secondary N) is 2. The molecular formula is C14H20N4O3. The summed E-state index contributed by atoms with van der Waals surface area (Å²) in [6.07, 6.45) is 1.68. The summed E-state index contributed by atoms with van der Waals surface area (Å²) in [5.41, 5.74) is 0.798. The molecule has 0 bridgehead atoms. The Morgan fingerprint density at radius 1 is 1.48 bits per heavy atom. The lowest BCUT2D eigenvalue weighted by Crippen LogP contribution is -2.41. The smallest absolute Gasteiger partial charge is 0.309 e. The van der Waals surface area contributed by atoms with Crippen LogP contribution in [0.2, 0.25) is 0 Å². The highest BCUT2D eigenvalue weighted by molar-refractivity contribution is 5.78. The van der Waals surface area contributed by atoms with Gasteiger partial charge < -0.3 is 15.7 Å². The zero-order valence-corrected chi connectivity index (χ0v) is 11.8. The summed E-state index contributed by atoms with van der Waals surface area (Å²) < 4.78 is 0. The average molecular weight is 292 g/mol. The highest BCUT2D eigenvalue weighted by Gasteiger charge is 2.24. The lowest BCUT2D eigenvalue weighted by Gasteiger charge is -2.21. The molecule has 1 saturated heterocycles. The molecule has 1 unspecified atom stereocenters. The highest BCUT2D eigenvalue weighted by Crippen LogP contribution is 2.04. The molecule has 2 rings (SSSR count). The summed E-state index contributed by atoms with van der Waals surface area (Å²) in [5.74, 6) is -1.42. The minimum absolute atomic E-state index is 0.119. The molecule has 0 radical (unpaired) electrons. The van der Waals surface area contributed by atoms with Crippen LogP contribution in [0, 0.1) is 5.92 Å². The zero-order valence-electron chi connectivity index (χ0n) is 11.8. The van der Waals surface area contributed by atoms with Crippen molar-refractivity contribution in [3.63, 3.8) is 0 Å². The van der Waals surface area contributed by atoms with E-state index in [1.54, 1.807) is 6.20 Å². The minimum Gasteiger partial charge on any atom is -0.481 e. The summed E-state index contributed by atoms with van der Waals surface area (Å²) >= 11 is 0. The van der Waals surface area contributed by atoms with E-state index >= 15 is 0 Å². The Balaban J connectivity index is 1.79. The zero-order chi connectivity index (χ0) is 15.1. The van der Waals surface area contributed by atoms with Gasteiger partial charge in [-0.25, -0.2) is 0 Å². The molecule has 0 spiro atoms. The second-order valence-electron chi connectivity index (χ2n) is 5.07. The van der Waals surface area contributed by atoms with E-state index in [-0.39, 0.29) is 12.5 Å². The van der Waals surface area contributed by atoms with E-state index in [9.17, 15) is 9.59 Å². The Bertz CT molecular complexity index is 480. The number of aliphatic carboxylic acids is 1. The second kappa shape index (κ2) is 7.70. The lowest BCUT2D eigenvalue weighted by molar-refractivity contribution is -0.142. The van der Waals surface area contributed by atoms with Gasteiger partial charge in [0.05, 0.1) is 24.7 Å². The van der Waals surface area contributed by atoms with Gasteiger partial charge in [-0.1, -0.05) is 6.07 Å². The molecule has 1 amide bonds. The molecule has 2 heterocycles. The molecule has 1 atom stereocenters. The first kappa shape index (κ1) is 15.4. The molecule has 114 valence electrons. The van der Waals surface area contributed by atoms with Crippen molar-refractivity contribution in [1.82, 2.24) is 20.5 Å². The number of hydrogen-bond acceptors (Lipinski definition) is 5. The van der Waals surface area contributed by atoms with Crippen LogP contribution in [0.25, 0.3) is 0 Å². The van der Waals surface area contributed by atoms with Crippen molar-refractivity contribution in [3.8, 4) is 0 Å². The SMILES string of the molecule is O=C(CN1CCNCC(C(=O)O)C1)NCc1ccccn1. The van der Waals surface area contributed by atoms with Gasteiger partial charge in [-0.15, -0.1) is 0 Å². The number of carbonyl (C=O) groups excluding carboxylic acids is 1. The Labute approximate surface area is 123 Å². The monoisotopic (exact) mass is 292 g/mol. The Kier molecular flexibility index (Phi) is 5.65. The van der Waals surface area contributed by atoms with Crippen LogP contribution in [0.3, 0.4) is 0 Å². The number of carboxylic acids is 1. The van der Waals surface area contributed by atoms with Gasteiger partial charge in [-0.3, -0.25) is 19.5 Å². The number of aromatic nitrogens is 1. The number of carbonyl (C=O) groups is 2. The van der Waals surface area contributed by atoms with Crippen LogP contribution < -0.4 is 10.6 Å². The molecule has 0 aromatic carbocycles. The fraction of sp³-hybridized carbons (Fsp3) is 0.500. The number of hydrogen-bond donors (Lipinski definition) is 3. The molecule has 0 aliphatic carbocycles.